The van der Waals surface area contributed by atoms with E-state index in [1.807, 2.05) is 30.3 Å². The summed E-state index contributed by atoms with van der Waals surface area (Å²) in [6, 6.07) is 14.7. The highest BCUT2D eigenvalue weighted by Gasteiger charge is 2.13. The summed E-state index contributed by atoms with van der Waals surface area (Å²) in [4.78, 5) is 29.7. The molecule has 4 aromatic rings. The number of hydrogen-bond acceptors (Lipinski definition) is 6. The third-order valence-corrected chi connectivity index (χ3v) is 5.07. The van der Waals surface area contributed by atoms with Crippen molar-refractivity contribution in [3.05, 3.63) is 82.5 Å². The van der Waals surface area contributed by atoms with Crippen molar-refractivity contribution in [1.82, 2.24) is 24.6 Å². The van der Waals surface area contributed by atoms with Crippen molar-refractivity contribution in [3.8, 4) is 11.5 Å². The maximum Gasteiger partial charge on any atom is 0.264 e. The van der Waals surface area contributed by atoms with Gasteiger partial charge in [0.15, 0.2) is 17.1 Å². The van der Waals surface area contributed by atoms with E-state index in [4.69, 9.17) is 9.47 Å². The Balaban J connectivity index is 1.43. The van der Waals surface area contributed by atoms with E-state index in [0.717, 1.165) is 5.56 Å². The first-order valence-electron chi connectivity index (χ1n) is 10.1. The smallest absolute Gasteiger partial charge is 0.264 e. The highest BCUT2D eigenvalue weighted by atomic mass is 16.5. The van der Waals surface area contributed by atoms with Crippen LogP contribution in [0.25, 0.3) is 11.0 Å². The fraction of sp³-hybridized carbons (Fsp3) is 0.217. The van der Waals surface area contributed by atoms with Crippen molar-refractivity contribution in [3.63, 3.8) is 0 Å². The van der Waals surface area contributed by atoms with Crippen LogP contribution in [0.5, 0.6) is 11.5 Å². The van der Waals surface area contributed by atoms with Gasteiger partial charge in [0.2, 0.25) is 0 Å². The van der Waals surface area contributed by atoms with Gasteiger partial charge in [-0.05, 0) is 23.8 Å². The number of carbonyl (C=O) groups excluding carboxylic acids is 1. The van der Waals surface area contributed by atoms with Gasteiger partial charge in [0, 0.05) is 12.1 Å². The zero-order chi connectivity index (χ0) is 22.5. The molecule has 0 fully saturated rings. The monoisotopic (exact) mass is 433 g/mol. The summed E-state index contributed by atoms with van der Waals surface area (Å²) in [5.41, 5.74) is 1.80. The topological polar surface area (TPSA) is 100 Å². The molecule has 9 nitrogen and oxygen atoms in total. The summed E-state index contributed by atoms with van der Waals surface area (Å²) in [5, 5.41) is 7.56. The lowest BCUT2D eigenvalue weighted by atomic mass is 10.2. The normalized spacial score (nSPS) is 10.8. The van der Waals surface area contributed by atoms with Crippen LogP contribution in [0.4, 0.5) is 0 Å². The van der Waals surface area contributed by atoms with Crippen LogP contribution in [0.15, 0.2) is 65.8 Å². The van der Waals surface area contributed by atoms with Gasteiger partial charge in [-0.25, -0.2) is 9.67 Å². The summed E-state index contributed by atoms with van der Waals surface area (Å²) < 4.78 is 13.6. The van der Waals surface area contributed by atoms with E-state index in [1.165, 1.54) is 26.7 Å². The van der Waals surface area contributed by atoms with Crippen LogP contribution in [0.3, 0.4) is 0 Å². The third kappa shape index (κ3) is 4.31. The van der Waals surface area contributed by atoms with E-state index in [1.54, 1.807) is 27.4 Å². The second-order valence-electron chi connectivity index (χ2n) is 7.09. The van der Waals surface area contributed by atoms with Crippen LogP contribution < -0.4 is 20.3 Å². The van der Waals surface area contributed by atoms with E-state index in [-0.39, 0.29) is 11.5 Å². The van der Waals surface area contributed by atoms with Crippen LogP contribution in [0, 0.1) is 0 Å². The number of nitrogens with zero attached hydrogens (tertiary/aromatic N) is 4. The van der Waals surface area contributed by atoms with E-state index in [0.29, 0.717) is 47.7 Å². The summed E-state index contributed by atoms with van der Waals surface area (Å²) in [5.74, 6) is 0.783. The van der Waals surface area contributed by atoms with Crippen molar-refractivity contribution in [1.29, 1.82) is 0 Å². The van der Waals surface area contributed by atoms with Crippen LogP contribution in [0.2, 0.25) is 0 Å². The molecule has 2 heterocycles. The Hall–Kier alpha value is -4.14. The first kappa shape index (κ1) is 21.1. The molecule has 0 aliphatic carbocycles. The van der Waals surface area contributed by atoms with Crippen molar-refractivity contribution in [2.75, 3.05) is 20.8 Å². The predicted molar refractivity (Wildman–Crippen MR) is 119 cm³/mol. The molecule has 1 N–H and O–H groups in total. The molecule has 0 aliphatic heterocycles. The zero-order valence-corrected chi connectivity index (χ0v) is 17.8. The molecular weight excluding hydrogens is 410 g/mol. The van der Waals surface area contributed by atoms with Gasteiger partial charge in [-0.2, -0.15) is 5.10 Å². The maximum absolute atomic E-state index is 12.8. The fourth-order valence-electron chi connectivity index (χ4n) is 3.41. The minimum Gasteiger partial charge on any atom is -0.493 e. The molecule has 0 saturated carbocycles. The summed E-state index contributed by atoms with van der Waals surface area (Å²) in [6.07, 6.45) is 3.04. The number of ether oxygens (including phenoxy) is 2. The van der Waals surface area contributed by atoms with Gasteiger partial charge in [-0.15, -0.1) is 0 Å². The Kier molecular flexibility index (Phi) is 6.16. The Morgan fingerprint density at radius 2 is 1.84 bits per heavy atom. The second-order valence-corrected chi connectivity index (χ2v) is 7.09. The summed E-state index contributed by atoms with van der Waals surface area (Å²) >= 11 is 0. The first-order valence-corrected chi connectivity index (χ1v) is 10.1. The summed E-state index contributed by atoms with van der Waals surface area (Å²) in [6.45, 7) is 1.13. The molecule has 4 rings (SSSR count). The van der Waals surface area contributed by atoms with Crippen LogP contribution in [0.1, 0.15) is 15.9 Å². The predicted octanol–water partition coefficient (Wildman–Crippen LogP) is 2.09. The number of amides is 1. The van der Waals surface area contributed by atoms with Crippen LogP contribution >= 0.6 is 0 Å². The van der Waals surface area contributed by atoms with E-state index >= 15 is 0 Å². The molecule has 9 heteroatoms. The molecule has 1 amide bonds. The molecule has 0 radical (unpaired) electrons. The van der Waals surface area contributed by atoms with E-state index in [2.05, 4.69) is 15.4 Å². The van der Waals surface area contributed by atoms with E-state index < -0.39 is 0 Å². The van der Waals surface area contributed by atoms with Crippen LogP contribution in [-0.2, 0) is 13.1 Å². The average molecular weight is 433 g/mol. The molecule has 0 unspecified atom stereocenters. The van der Waals surface area contributed by atoms with Gasteiger partial charge < -0.3 is 14.8 Å². The van der Waals surface area contributed by atoms with Crippen LogP contribution in [-0.4, -0.2) is 46.0 Å². The highest BCUT2D eigenvalue weighted by Crippen LogP contribution is 2.27. The standard InChI is InChI=1S/C23H23N5O4/c1-31-19-9-8-17(12-20(19)32-2)22(29)24-10-11-28-21-18(13-26-28)23(30)27(15-25-21)14-16-6-4-3-5-7-16/h3-9,12-13,15H,10-11,14H2,1-2H3,(H,24,29). The molecule has 0 aliphatic rings. The minimum absolute atomic E-state index is 0.153. The molecule has 0 spiro atoms. The lowest BCUT2D eigenvalue weighted by molar-refractivity contribution is 0.0951. The fourth-order valence-corrected chi connectivity index (χ4v) is 3.41. The van der Waals surface area contributed by atoms with Gasteiger partial charge in [0.1, 0.15) is 11.7 Å². The van der Waals surface area contributed by atoms with Gasteiger partial charge in [-0.3, -0.25) is 14.2 Å². The largest absolute Gasteiger partial charge is 0.493 e. The van der Waals surface area contributed by atoms with Crippen molar-refractivity contribution >= 4 is 16.9 Å². The molecule has 2 aromatic carbocycles. The number of hydrogen-bond donors (Lipinski definition) is 1. The SMILES string of the molecule is COc1ccc(C(=O)NCCn2ncc3c(=O)n(Cc4ccccc4)cnc32)cc1OC. The molecule has 164 valence electrons. The average Bonchev–Trinajstić information content (AvgIpc) is 3.24. The second kappa shape index (κ2) is 9.34. The maximum atomic E-state index is 12.8. The number of fused-ring (bicyclic) bond motifs is 1. The molecular formula is C23H23N5O4. The zero-order valence-electron chi connectivity index (χ0n) is 17.8. The molecule has 0 bridgehead atoms. The van der Waals surface area contributed by atoms with Gasteiger partial charge >= 0.3 is 0 Å². The lowest BCUT2D eigenvalue weighted by Crippen LogP contribution is -2.27. The molecule has 2 aromatic heterocycles. The number of rotatable bonds is 8. The van der Waals surface area contributed by atoms with Gasteiger partial charge in [-0.1, -0.05) is 30.3 Å². The minimum atomic E-state index is -0.249. The Morgan fingerprint density at radius 1 is 1.06 bits per heavy atom. The third-order valence-electron chi connectivity index (χ3n) is 5.07. The quantitative estimate of drug-likeness (QED) is 0.457. The number of nitrogens with one attached hydrogen (secondary N) is 1. The summed E-state index contributed by atoms with van der Waals surface area (Å²) in [7, 11) is 3.06. The van der Waals surface area contributed by atoms with Gasteiger partial charge in [0.25, 0.3) is 11.5 Å². The van der Waals surface area contributed by atoms with E-state index in [9.17, 15) is 9.59 Å². The number of benzene rings is 2. The Bertz CT molecular complexity index is 1300. The first-order chi connectivity index (χ1) is 15.6. The molecule has 32 heavy (non-hydrogen) atoms. The Morgan fingerprint density at radius 3 is 2.59 bits per heavy atom. The lowest BCUT2D eigenvalue weighted by Gasteiger charge is -2.10. The highest BCUT2D eigenvalue weighted by molar-refractivity contribution is 5.94. The number of aromatic nitrogens is 4. The molecule has 0 atom stereocenters. The Labute approximate surface area is 184 Å². The molecule has 0 saturated heterocycles. The van der Waals surface area contributed by atoms with Gasteiger partial charge in [0.05, 0.1) is 33.5 Å². The van der Waals surface area contributed by atoms with Crippen molar-refractivity contribution in [2.45, 2.75) is 13.1 Å². The number of carbonyl (C=O) groups is 1. The van der Waals surface area contributed by atoms with Crippen molar-refractivity contribution < 1.29 is 14.3 Å². The number of methoxy groups -OCH3 is 2. The van der Waals surface area contributed by atoms with Crippen molar-refractivity contribution in [2.24, 2.45) is 0 Å².